The van der Waals surface area contributed by atoms with Crippen molar-refractivity contribution in [2.45, 2.75) is 26.2 Å². The minimum Gasteiger partial charge on any atom is -0.497 e. The summed E-state index contributed by atoms with van der Waals surface area (Å²) in [6.07, 6.45) is 0.710. The van der Waals surface area contributed by atoms with Crippen molar-refractivity contribution in [3.63, 3.8) is 0 Å². The van der Waals surface area contributed by atoms with Crippen LogP contribution in [-0.2, 0) is 4.79 Å². The number of thiazole rings is 1. The zero-order valence-electron chi connectivity index (χ0n) is 17.7. The van der Waals surface area contributed by atoms with E-state index in [0.29, 0.717) is 17.4 Å². The lowest BCUT2D eigenvalue weighted by atomic mass is 9.96. The number of anilines is 1. The molecule has 1 amide bonds. The van der Waals surface area contributed by atoms with Crippen molar-refractivity contribution in [3.05, 3.63) is 77.3 Å². The Morgan fingerprint density at radius 1 is 1.16 bits per heavy atom. The van der Waals surface area contributed by atoms with Crippen LogP contribution in [0.25, 0.3) is 16.4 Å². The Balaban J connectivity index is 1.59. The highest BCUT2D eigenvalue weighted by molar-refractivity contribution is 7.12. The van der Waals surface area contributed by atoms with Crippen LogP contribution in [0.5, 0.6) is 5.75 Å². The van der Waals surface area contributed by atoms with Crippen LogP contribution in [0.15, 0.2) is 66.0 Å². The van der Waals surface area contributed by atoms with Crippen LogP contribution in [0, 0.1) is 6.92 Å². The summed E-state index contributed by atoms with van der Waals surface area (Å²) < 4.78 is 6.92. The van der Waals surface area contributed by atoms with E-state index in [1.807, 2.05) is 79.9 Å². The summed E-state index contributed by atoms with van der Waals surface area (Å²) in [5.74, 6) is 1.14. The summed E-state index contributed by atoms with van der Waals surface area (Å²) in [5.41, 5.74) is 3.65. The molecule has 4 aromatic rings. The van der Waals surface area contributed by atoms with Crippen LogP contribution in [0.1, 0.15) is 30.5 Å². The first kappa shape index (κ1) is 20.8. The second-order valence-corrected chi connectivity index (χ2v) is 8.02. The number of aromatic nitrogens is 3. The van der Waals surface area contributed by atoms with Crippen molar-refractivity contribution >= 4 is 23.1 Å². The third-order valence-corrected chi connectivity index (χ3v) is 5.88. The number of amides is 1. The van der Waals surface area contributed by atoms with Gasteiger partial charge in [0.15, 0.2) is 0 Å². The van der Waals surface area contributed by atoms with Crippen LogP contribution in [0.3, 0.4) is 0 Å². The highest BCUT2D eigenvalue weighted by atomic mass is 32.1. The number of ether oxygens (including phenoxy) is 1. The zero-order valence-corrected chi connectivity index (χ0v) is 18.5. The van der Waals surface area contributed by atoms with E-state index < -0.39 is 0 Å². The summed E-state index contributed by atoms with van der Waals surface area (Å²) in [4.78, 5) is 17.8. The molecular formula is C24H24N4O2S. The SMILES string of the molecule is CCC(C(=O)Nc1cc(C)nn1-c1nc(-c2ccc(OC)cc2)cs1)c1ccccc1. The summed E-state index contributed by atoms with van der Waals surface area (Å²) in [5, 5.41) is 10.3. The highest BCUT2D eigenvalue weighted by Gasteiger charge is 2.21. The Morgan fingerprint density at radius 2 is 1.90 bits per heavy atom. The fraction of sp³-hybridized carbons (Fsp3) is 0.208. The first-order chi connectivity index (χ1) is 15.1. The minimum atomic E-state index is -0.226. The zero-order chi connectivity index (χ0) is 21.8. The van der Waals surface area contributed by atoms with Crippen molar-refractivity contribution in [1.29, 1.82) is 0 Å². The summed E-state index contributed by atoms with van der Waals surface area (Å²) in [7, 11) is 1.65. The average Bonchev–Trinajstić information content (AvgIpc) is 3.42. The normalized spacial score (nSPS) is 11.8. The molecule has 2 aromatic carbocycles. The van der Waals surface area contributed by atoms with Crippen LogP contribution < -0.4 is 10.1 Å². The number of hydrogen-bond acceptors (Lipinski definition) is 5. The molecule has 0 bridgehead atoms. The molecule has 31 heavy (non-hydrogen) atoms. The van der Waals surface area contributed by atoms with Crippen LogP contribution in [0.4, 0.5) is 5.82 Å². The molecule has 0 aliphatic heterocycles. The Hall–Kier alpha value is -3.45. The molecule has 1 atom stereocenters. The molecule has 0 aliphatic rings. The number of carbonyl (C=O) groups is 1. The van der Waals surface area contributed by atoms with E-state index in [1.54, 1.807) is 11.8 Å². The number of aryl methyl sites for hydroxylation is 1. The van der Waals surface area contributed by atoms with Crippen molar-refractivity contribution < 1.29 is 9.53 Å². The average molecular weight is 433 g/mol. The van der Waals surface area contributed by atoms with Gasteiger partial charge in [0.2, 0.25) is 11.0 Å². The smallest absolute Gasteiger partial charge is 0.233 e. The van der Waals surface area contributed by atoms with Gasteiger partial charge in [0, 0.05) is 17.0 Å². The molecule has 0 saturated heterocycles. The predicted octanol–water partition coefficient (Wildman–Crippen LogP) is 5.45. The number of benzene rings is 2. The maximum Gasteiger partial charge on any atom is 0.233 e. The number of carbonyl (C=O) groups excluding carboxylic acids is 1. The Kier molecular flexibility index (Phi) is 6.13. The van der Waals surface area contributed by atoms with Crippen LogP contribution >= 0.6 is 11.3 Å². The predicted molar refractivity (Wildman–Crippen MR) is 124 cm³/mol. The monoisotopic (exact) mass is 432 g/mol. The van der Waals surface area contributed by atoms with Crippen LogP contribution in [-0.4, -0.2) is 27.8 Å². The molecule has 2 heterocycles. The number of rotatable bonds is 7. The molecule has 0 spiro atoms. The molecular weight excluding hydrogens is 408 g/mol. The van der Waals surface area contributed by atoms with E-state index in [4.69, 9.17) is 9.72 Å². The maximum atomic E-state index is 13.0. The molecule has 7 heteroatoms. The summed E-state index contributed by atoms with van der Waals surface area (Å²) >= 11 is 1.48. The fourth-order valence-electron chi connectivity index (χ4n) is 3.46. The molecule has 6 nitrogen and oxygen atoms in total. The molecule has 4 rings (SSSR count). The number of nitrogens with one attached hydrogen (secondary N) is 1. The second-order valence-electron chi connectivity index (χ2n) is 7.19. The van der Waals surface area contributed by atoms with Crippen molar-refractivity contribution in [2.75, 3.05) is 12.4 Å². The third-order valence-electron chi connectivity index (χ3n) is 5.07. The Labute approximate surface area is 185 Å². The van der Waals surface area contributed by atoms with Gasteiger partial charge >= 0.3 is 0 Å². The Morgan fingerprint density at radius 3 is 2.58 bits per heavy atom. The second kappa shape index (κ2) is 9.14. The number of methoxy groups -OCH3 is 1. The molecule has 0 fully saturated rings. The van der Waals surface area contributed by atoms with E-state index in [1.165, 1.54) is 11.3 Å². The van der Waals surface area contributed by atoms with Gasteiger partial charge in [0.25, 0.3) is 0 Å². The topological polar surface area (TPSA) is 69.0 Å². The van der Waals surface area contributed by atoms with Gasteiger partial charge in [-0.05, 0) is 43.2 Å². The molecule has 0 radical (unpaired) electrons. The lowest BCUT2D eigenvalue weighted by molar-refractivity contribution is -0.117. The molecule has 1 unspecified atom stereocenters. The van der Waals surface area contributed by atoms with Gasteiger partial charge in [-0.3, -0.25) is 4.79 Å². The minimum absolute atomic E-state index is 0.0539. The third kappa shape index (κ3) is 4.51. The highest BCUT2D eigenvalue weighted by Crippen LogP contribution is 2.28. The van der Waals surface area contributed by atoms with Gasteiger partial charge < -0.3 is 10.1 Å². The largest absolute Gasteiger partial charge is 0.497 e. The number of nitrogens with zero attached hydrogens (tertiary/aromatic N) is 3. The lowest BCUT2D eigenvalue weighted by Gasteiger charge is -2.15. The van der Waals surface area contributed by atoms with E-state index >= 15 is 0 Å². The lowest BCUT2D eigenvalue weighted by Crippen LogP contribution is -2.22. The van der Waals surface area contributed by atoms with Crippen molar-refractivity contribution in [3.8, 4) is 22.1 Å². The quantitative estimate of drug-likeness (QED) is 0.422. The maximum absolute atomic E-state index is 13.0. The number of hydrogen-bond donors (Lipinski definition) is 1. The first-order valence-electron chi connectivity index (χ1n) is 10.1. The van der Waals surface area contributed by atoms with Gasteiger partial charge in [-0.15, -0.1) is 11.3 Å². The van der Waals surface area contributed by atoms with Gasteiger partial charge in [0.05, 0.1) is 24.4 Å². The molecule has 158 valence electrons. The van der Waals surface area contributed by atoms with E-state index in [0.717, 1.165) is 28.3 Å². The first-order valence-corrected chi connectivity index (χ1v) is 11.0. The van der Waals surface area contributed by atoms with Gasteiger partial charge in [-0.2, -0.15) is 9.78 Å². The molecule has 1 N–H and O–H groups in total. The summed E-state index contributed by atoms with van der Waals surface area (Å²) in [6.45, 7) is 3.92. The van der Waals surface area contributed by atoms with E-state index in [-0.39, 0.29) is 11.8 Å². The van der Waals surface area contributed by atoms with Crippen molar-refractivity contribution in [1.82, 2.24) is 14.8 Å². The van der Waals surface area contributed by atoms with Gasteiger partial charge in [-0.1, -0.05) is 37.3 Å². The molecule has 0 saturated carbocycles. The summed E-state index contributed by atoms with van der Waals surface area (Å²) in [6, 6.07) is 19.5. The van der Waals surface area contributed by atoms with E-state index in [2.05, 4.69) is 10.4 Å². The van der Waals surface area contributed by atoms with Gasteiger partial charge in [-0.25, -0.2) is 4.98 Å². The molecule has 0 aliphatic carbocycles. The fourth-order valence-corrected chi connectivity index (χ4v) is 4.26. The van der Waals surface area contributed by atoms with Gasteiger partial charge in [0.1, 0.15) is 11.6 Å². The molecule has 2 aromatic heterocycles. The Bertz CT molecular complexity index is 1170. The van der Waals surface area contributed by atoms with E-state index in [9.17, 15) is 4.79 Å². The standard InChI is InChI=1S/C24H24N4O2S/c1-4-20(17-8-6-5-7-9-17)23(29)26-22-14-16(2)27-28(22)24-25-21(15-31-24)18-10-12-19(30-3)13-11-18/h5-15,20H,4H2,1-3H3,(H,26,29). The van der Waals surface area contributed by atoms with Crippen LogP contribution in [0.2, 0.25) is 0 Å². The van der Waals surface area contributed by atoms with Crippen molar-refractivity contribution in [2.24, 2.45) is 0 Å².